The lowest BCUT2D eigenvalue weighted by Gasteiger charge is -2.31. The first-order valence-electron chi connectivity index (χ1n) is 6.83. The lowest BCUT2D eigenvalue weighted by molar-refractivity contribution is -0.136. The van der Waals surface area contributed by atoms with Crippen molar-refractivity contribution in [2.24, 2.45) is 5.92 Å². The minimum atomic E-state index is -0.501. The number of hydrogen-bond donors (Lipinski definition) is 1. The average molecular weight is 288 g/mol. The Morgan fingerprint density at radius 1 is 1.29 bits per heavy atom. The van der Waals surface area contributed by atoms with Gasteiger partial charge in [0.2, 0.25) is 0 Å². The first-order valence-corrected chi connectivity index (χ1v) is 6.83. The Bertz CT molecular complexity index is 583. The van der Waals surface area contributed by atoms with Crippen molar-refractivity contribution >= 4 is 5.97 Å². The third-order valence-electron chi connectivity index (χ3n) is 4.14. The maximum Gasteiger partial charge on any atom is 0.337 e. The second-order valence-electron chi connectivity index (χ2n) is 5.22. The minimum Gasteiger partial charge on any atom is -0.507 e. The van der Waals surface area contributed by atoms with Gasteiger partial charge in [-0.1, -0.05) is 25.6 Å². The number of benzene rings is 1. The van der Waals surface area contributed by atoms with E-state index in [0.717, 1.165) is 11.3 Å². The summed E-state index contributed by atoms with van der Waals surface area (Å²) in [5, 5.41) is 10.1. The maximum atomic E-state index is 11.8. The first-order chi connectivity index (χ1) is 9.99. The Kier molecular flexibility index (Phi) is 4.36. The molecular formula is C17H20O4. The summed E-state index contributed by atoms with van der Waals surface area (Å²) >= 11 is 0. The van der Waals surface area contributed by atoms with Crippen LogP contribution in [0.2, 0.25) is 0 Å². The molecule has 0 amide bonds. The average Bonchev–Trinajstić information content (AvgIpc) is 2.52. The van der Waals surface area contributed by atoms with Crippen LogP contribution in [-0.4, -0.2) is 25.3 Å². The van der Waals surface area contributed by atoms with Crippen molar-refractivity contribution in [2.75, 3.05) is 14.2 Å². The summed E-state index contributed by atoms with van der Waals surface area (Å²) in [6.07, 6.45) is 0.436. The van der Waals surface area contributed by atoms with Gasteiger partial charge >= 0.3 is 5.97 Å². The smallest absolute Gasteiger partial charge is 0.337 e. The molecule has 1 aliphatic rings. The highest BCUT2D eigenvalue weighted by molar-refractivity contribution is 5.90. The molecule has 2 rings (SSSR count). The van der Waals surface area contributed by atoms with Crippen molar-refractivity contribution in [1.82, 2.24) is 0 Å². The predicted molar refractivity (Wildman–Crippen MR) is 80.3 cm³/mol. The number of methoxy groups -OCH3 is 2. The number of aliphatic hydroxyl groups excluding tert-OH is 1. The predicted octanol–water partition coefficient (Wildman–Crippen LogP) is 3.36. The highest BCUT2D eigenvalue weighted by Gasteiger charge is 2.34. The highest BCUT2D eigenvalue weighted by atomic mass is 16.5. The zero-order valence-corrected chi connectivity index (χ0v) is 12.6. The van der Waals surface area contributed by atoms with E-state index in [0.29, 0.717) is 17.6 Å². The van der Waals surface area contributed by atoms with Crippen molar-refractivity contribution in [2.45, 2.75) is 19.3 Å². The molecule has 4 heteroatoms. The molecule has 112 valence electrons. The van der Waals surface area contributed by atoms with Crippen molar-refractivity contribution < 1.29 is 19.4 Å². The molecule has 0 radical (unpaired) electrons. The van der Waals surface area contributed by atoms with Crippen LogP contribution in [0, 0.1) is 5.92 Å². The van der Waals surface area contributed by atoms with Gasteiger partial charge in [0, 0.05) is 0 Å². The molecule has 1 aromatic carbocycles. The molecule has 0 aromatic heterocycles. The molecule has 0 unspecified atom stereocenters. The van der Waals surface area contributed by atoms with Crippen LogP contribution in [0.4, 0.5) is 0 Å². The van der Waals surface area contributed by atoms with Crippen LogP contribution >= 0.6 is 0 Å². The van der Waals surface area contributed by atoms with Crippen LogP contribution in [-0.2, 0) is 9.53 Å². The van der Waals surface area contributed by atoms with Gasteiger partial charge < -0.3 is 14.6 Å². The van der Waals surface area contributed by atoms with Crippen LogP contribution in [0.15, 0.2) is 47.7 Å². The van der Waals surface area contributed by atoms with E-state index < -0.39 is 5.97 Å². The normalized spacial score (nSPS) is 22.1. The zero-order chi connectivity index (χ0) is 15.6. The molecule has 1 N–H and O–H groups in total. The van der Waals surface area contributed by atoms with Crippen molar-refractivity contribution in [3.63, 3.8) is 0 Å². The van der Waals surface area contributed by atoms with Crippen molar-refractivity contribution in [1.29, 1.82) is 0 Å². The van der Waals surface area contributed by atoms with Gasteiger partial charge in [-0.15, -0.1) is 0 Å². The fourth-order valence-corrected chi connectivity index (χ4v) is 2.71. The fourth-order valence-electron chi connectivity index (χ4n) is 2.71. The lowest BCUT2D eigenvalue weighted by atomic mass is 9.73. The van der Waals surface area contributed by atoms with Gasteiger partial charge in [0.05, 0.1) is 19.8 Å². The Morgan fingerprint density at radius 3 is 2.43 bits per heavy atom. The molecular weight excluding hydrogens is 268 g/mol. The number of ether oxygens (including phenoxy) is 2. The molecule has 0 heterocycles. The summed E-state index contributed by atoms with van der Waals surface area (Å²) in [6.45, 7) is 5.91. The van der Waals surface area contributed by atoms with Crippen LogP contribution in [0.1, 0.15) is 24.8 Å². The van der Waals surface area contributed by atoms with Gasteiger partial charge in [0.15, 0.2) is 0 Å². The number of rotatable bonds is 3. The van der Waals surface area contributed by atoms with E-state index in [-0.39, 0.29) is 17.6 Å². The molecule has 0 saturated heterocycles. The Balaban J connectivity index is 2.36. The SMILES string of the molecule is C=C1C(O)=C(C(=O)OC)C[C@H](c2ccc(OC)cc2)[C@H]1C. The number of allylic oxidation sites excluding steroid dienone is 1. The van der Waals surface area contributed by atoms with Crippen molar-refractivity contribution in [3.8, 4) is 5.75 Å². The molecule has 0 bridgehead atoms. The molecule has 21 heavy (non-hydrogen) atoms. The van der Waals surface area contributed by atoms with Gasteiger partial charge in [-0.2, -0.15) is 0 Å². The van der Waals surface area contributed by atoms with Gasteiger partial charge in [0.1, 0.15) is 11.5 Å². The van der Waals surface area contributed by atoms with E-state index in [2.05, 4.69) is 6.58 Å². The van der Waals surface area contributed by atoms with Crippen LogP contribution < -0.4 is 4.74 Å². The second-order valence-corrected chi connectivity index (χ2v) is 5.22. The van der Waals surface area contributed by atoms with Gasteiger partial charge in [-0.3, -0.25) is 0 Å². The molecule has 0 spiro atoms. The van der Waals surface area contributed by atoms with E-state index in [4.69, 9.17) is 9.47 Å². The molecule has 0 fully saturated rings. The number of hydrogen-bond acceptors (Lipinski definition) is 4. The van der Waals surface area contributed by atoms with E-state index in [9.17, 15) is 9.90 Å². The summed E-state index contributed by atoms with van der Waals surface area (Å²) in [6, 6.07) is 7.73. The fraction of sp³-hybridized carbons (Fsp3) is 0.353. The summed E-state index contributed by atoms with van der Waals surface area (Å²) in [7, 11) is 2.93. The standard InChI is InChI=1S/C17H20O4/c1-10-11(2)16(18)15(17(19)21-4)9-14(10)12-5-7-13(20-3)8-6-12/h5-8,10,14,18H,2,9H2,1,3-4H3/t10-,14-/m0/s1. The highest BCUT2D eigenvalue weighted by Crippen LogP contribution is 2.42. The number of carbonyl (C=O) groups is 1. The maximum absolute atomic E-state index is 11.8. The molecule has 1 aromatic rings. The van der Waals surface area contributed by atoms with E-state index in [1.54, 1.807) is 7.11 Å². The van der Waals surface area contributed by atoms with Crippen molar-refractivity contribution in [3.05, 3.63) is 53.3 Å². The molecule has 0 saturated carbocycles. The first kappa shape index (κ1) is 15.2. The summed E-state index contributed by atoms with van der Waals surface area (Å²) in [5.74, 6) is 0.381. The van der Waals surface area contributed by atoms with E-state index in [1.807, 2.05) is 31.2 Å². The van der Waals surface area contributed by atoms with Gasteiger partial charge in [0.25, 0.3) is 0 Å². The second kappa shape index (κ2) is 6.04. The van der Waals surface area contributed by atoms with E-state index >= 15 is 0 Å². The third kappa shape index (κ3) is 2.79. The van der Waals surface area contributed by atoms with Gasteiger partial charge in [-0.05, 0) is 41.5 Å². The largest absolute Gasteiger partial charge is 0.507 e. The number of aliphatic hydroxyl groups is 1. The minimum absolute atomic E-state index is 0.0286. The van der Waals surface area contributed by atoms with Crippen LogP contribution in [0.3, 0.4) is 0 Å². The summed E-state index contributed by atoms with van der Waals surface area (Å²) < 4.78 is 9.90. The lowest BCUT2D eigenvalue weighted by Crippen LogP contribution is -2.24. The van der Waals surface area contributed by atoms with E-state index in [1.165, 1.54) is 7.11 Å². The topological polar surface area (TPSA) is 55.8 Å². The third-order valence-corrected chi connectivity index (χ3v) is 4.14. The Morgan fingerprint density at radius 2 is 1.90 bits per heavy atom. The Labute approximate surface area is 124 Å². The van der Waals surface area contributed by atoms with Gasteiger partial charge in [-0.25, -0.2) is 4.79 Å². The van der Waals surface area contributed by atoms with Crippen LogP contribution in [0.25, 0.3) is 0 Å². The molecule has 0 aliphatic heterocycles. The molecule has 2 atom stereocenters. The van der Waals surface area contributed by atoms with Crippen LogP contribution in [0.5, 0.6) is 5.75 Å². The molecule has 1 aliphatic carbocycles. The number of carbonyl (C=O) groups excluding carboxylic acids is 1. The quantitative estimate of drug-likeness (QED) is 0.866. The zero-order valence-electron chi connectivity index (χ0n) is 12.6. The Hall–Kier alpha value is -2.23. The monoisotopic (exact) mass is 288 g/mol. The summed E-state index contributed by atoms with van der Waals surface area (Å²) in [5.41, 5.74) is 1.95. The molecule has 4 nitrogen and oxygen atoms in total. The summed E-state index contributed by atoms with van der Waals surface area (Å²) in [4.78, 5) is 11.8. The number of esters is 1.